The van der Waals surface area contributed by atoms with Crippen LogP contribution < -0.4 is 0 Å². The topological polar surface area (TPSA) is 60.9 Å². The van der Waals surface area contributed by atoms with Crippen LogP contribution in [-0.2, 0) is 13.0 Å². The van der Waals surface area contributed by atoms with Gasteiger partial charge in [0.05, 0.1) is 12.2 Å². The Morgan fingerprint density at radius 2 is 2.05 bits per heavy atom. The molecule has 4 rings (SSSR count). The lowest BCUT2D eigenvalue weighted by molar-refractivity contribution is 0.772. The van der Waals surface area contributed by atoms with Gasteiger partial charge >= 0.3 is 0 Å². The van der Waals surface area contributed by atoms with Crippen LogP contribution in [0.3, 0.4) is 0 Å². The molecule has 0 bridgehead atoms. The Labute approximate surface area is 131 Å². The van der Waals surface area contributed by atoms with Crippen molar-refractivity contribution in [2.45, 2.75) is 19.9 Å². The molecule has 6 nitrogen and oxygen atoms in total. The lowest BCUT2D eigenvalue weighted by Crippen LogP contribution is -2.04. The predicted molar refractivity (Wildman–Crippen MR) is 84.8 cm³/mol. The Balaban J connectivity index is 1.77. The summed E-state index contributed by atoms with van der Waals surface area (Å²) in [5.41, 5.74) is 2.21. The maximum absolute atomic E-state index is 4.67. The molecule has 0 radical (unpaired) electrons. The molecular weight excluding hydrogens is 296 g/mol. The number of nitrogens with zero attached hydrogens (tertiary/aromatic N) is 6. The van der Waals surface area contributed by atoms with Gasteiger partial charge < -0.3 is 4.57 Å². The van der Waals surface area contributed by atoms with Gasteiger partial charge in [0, 0.05) is 42.1 Å². The van der Waals surface area contributed by atoms with E-state index >= 15 is 0 Å². The molecule has 0 saturated heterocycles. The highest BCUT2D eigenvalue weighted by atomic mass is 32.1. The Morgan fingerprint density at radius 3 is 2.86 bits per heavy atom. The first-order valence-corrected chi connectivity index (χ1v) is 7.96. The Morgan fingerprint density at radius 1 is 1.09 bits per heavy atom. The van der Waals surface area contributed by atoms with Crippen molar-refractivity contribution in [2.24, 2.45) is 0 Å². The van der Waals surface area contributed by atoms with Crippen LogP contribution >= 0.6 is 11.3 Å². The first-order valence-electron chi connectivity index (χ1n) is 7.08. The predicted octanol–water partition coefficient (Wildman–Crippen LogP) is 2.66. The van der Waals surface area contributed by atoms with Gasteiger partial charge in [-0.25, -0.2) is 19.9 Å². The molecule has 0 aliphatic rings. The quantitative estimate of drug-likeness (QED) is 0.581. The maximum atomic E-state index is 4.67. The average Bonchev–Trinajstić information content (AvgIpc) is 3.26. The van der Waals surface area contributed by atoms with Gasteiger partial charge in [0.15, 0.2) is 10.8 Å². The molecule has 22 heavy (non-hydrogen) atoms. The summed E-state index contributed by atoms with van der Waals surface area (Å²) in [6.45, 7) is 2.80. The molecule has 0 fully saturated rings. The van der Waals surface area contributed by atoms with Crippen molar-refractivity contribution >= 4 is 17.1 Å². The minimum Gasteiger partial charge on any atom is -0.323 e. The largest absolute Gasteiger partial charge is 0.323 e. The number of thiazole rings is 1. The lowest BCUT2D eigenvalue weighted by Gasteiger charge is -2.06. The highest BCUT2D eigenvalue weighted by Gasteiger charge is 2.14. The first-order chi connectivity index (χ1) is 10.9. The fourth-order valence-electron chi connectivity index (χ4n) is 2.61. The highest BCUT2D eigenvalue weighted by molar-refractivity contribution is 7.13. The minimum absolute atomic E-state index is 0.668. The third-order valence-electron chi connectivity index (χ3n) is 3.58. The van der Waals surface area contributed by atoms with Crippen molar-refractivity contribution < 1.29 is 0 Å². The van der Waals surface area contributed by atoms with E-state index in [1.54, 1.807) is 29.9 Å². The van der Waals surface area contributed by atoms with Gasteiger partial charge in [0.1, 0.15) is 0 Å². The summed E-state index contributed by atoms with van der Waals surface area (Å²) in [5, 5.41) is 2.88. The van der Waals surface area contributed by atoms with E-state index in [1.807, 2.05) is 23.8 Å². The number of hydrogen-bond donors (Lipinski definition) is 0. The zero-order valence-electron chi connectivity index (χ0n) is 12.0. The van der Waals surface area contributed by atoms with Crippen LogP contribution in [0.5, 0.6) is 0 Å². The summed E-state index contributed by atoms with van der Waals surface area (Å²) in [5.74, 6) is 1.62. The molecule has 0 aromatic carbocycles. The van der Waals surface area contributed by atoms with E-state index in [1.165, 1.54) is 5.69 Å². The summed E-state index contributed by atoms with van der Waals surface area (Å²) < 4.78 is 4.13. The van der Waals surface area contributed by atoms with Gasteiger partial charge in [0.25, 0.3) is 0 Å². The van der Waals surface area contributed by atoms with Gasteiger partial charge in [-0.2, -0.15) is 0 Å². The van der Waals surface area contributed by atoms with Gasteiger partial charge in [0.2, 0.25) is 5.78 Å². The maximum Gasteiger partial charge on any atom is 0.234 e. The standard InChI is InChI=1S/C15H14N6S/c1-2-12-11(19-15-18-4-3-7-21(12)15)10-20-8-5-16-13(20)14-17-6-9-22-14/h3-9H,2,10H2,1H3. The van der Waals surface area contributed by atoms with Crippen molar-refractivity contribution in [3.05, 3.63) is 53.8 Å². The summed E-state index contributed by atoms with van der Waals surface area (Å²) in [6, 6.07) is 1.93. The summed E-state index contributed by atoms with van der Waals surface area (Å²) in [4.78, 5) is 17.8. The molecule has 4 aromatic rings. The molecule has 0 unspecified atom stereocenters. The molecule has 0 spiro atoms. The molecule has 4 aromatic heterocycles. The Kier molecular flexibility index (Phi) is 3.19. The summed E-state index contributed by atoms with van der Waals surface area (Å²) >= 11 is 1.59. The zero-order chi connectivity index (χ0) is 14.9. The molecule has 0 atom stereocenters. The summed E-state index contributed by atoms with van der Waals surface area (Å²) in [6.07, 6.45) is 10.2. The fourth-order valence-corrected chi connectivity index (χ4v) is 3.26. The second kappa shape index (κ2) is 5.34. The third-order valence-corrected chi connectivity index (χ3v) is 4.35. The summed E-state index contributed by atoms with van der Waals surface area (Å²) in [7, 11) is 0. The first kappa shape index (κ1) is 13.1. The van der Waals surface area contributed by atoms with E-state index < -0.39 is 0 Å². The van der Waals surface area contributed by atoms with Gasteiger partial charge in [-0.15, -0.1) is 11.3 Å². The van der Waals surface area contributed by atoms with E-state index in [9.17, 15) is 0 Å². The number of aryl methyl sites for hydroxylation is 1. The number of rotatable bonds is 4. The van der Waals surface area contributed by atoms with Crippen LogP contribution in [0.15, 0.2) is 42.4 Å². The van der Waals surface area contributed by atoms with Crippen LogP contribution in [0.1, 0.15) is 18.3 Å². The molecule has 0 N–H and O–H groups in total. The van der Waals surface area contributed by atoms with Crippen molar-refractivity contribution in [1.29, 1.82) is 0 Å². The zero-order valence-corrected chi connectivity index (χ0v) is 12.9. The van der Waals surface area contributed by atoms with Crippen molar-refractivity contribution in [3.63, 3.8) is 0 Å². The van der Waals surface area contributed by atoms with Crippen LogP contribution in [0.2, 0.25) is 0 Å². The van der Waals surface area contributed by atoms with Crippen molar-refractivity contribution in [1.82, 2.24) is 28.9 Å². The molecule has 0 aliphatic heterocycles. The molecule has 0 amide bonds. The van der Waals surface area contributed by atoms with E-state index in [0.29, 0.717) is 6.54 Å². The van der Waals surface area contributed by atoms with Crippen LogP contribution in [0.4, 0.5) is 0 Å². The molecule has 110 valence electrons. The molecule has 0 saturated carbocycles. The fraction of sp³-hybridized carbons (Fsp3) is 0.200. The Bertz CT molecular complexity index is 905. The molecule has 7 heteroatoms. The highest BCUT2D eigenvalue weighted by Crippen LogP contribution is 2.21. The monoisotopic (exact) mass is 310 g/mol. The van der Waals surface area contributed by atoms with Gasteiger partial charge in [-0.05, 0) is 12.5 Å². The van der Waals surface area contributed by atoms with E-state index in [-0.39, 0.29) is 0 Å². The molecule has 0 aliphatic carbocycles. The molecular formula is C15H14N6S. The van der Waals surface area contributed by atoms with Gasteiger partial charge in [-0.3, -0.25) is 4.40 Å². The van der Waals surface area contributed by atoms with E-state index in [4.69, 9.17) is 0 Å². The van der Waals surface area contributed by atoms with Gasteiger partial charge in [-0.1, -0.05) is 6.92 Å². The second-order valence-electron chi connectivity index (χ2n) is 4.86. The third kappa shape index (κ3) is 2.10. The number of hydrogen-bond acceptors (Lipinski definition) is 5. The SMILES string of the molecule is CCc1c(Cn2ccnc2-c2nccs2)nc2ncccn12. The van der Waals surface area contributed by atoms with E-state index in [2.05, 4.69) is 35.8 Å². The second-order valence-corrected chi connectivity index (χ2v) is 5.76. The van der Waals surface area contributed by atoms with Crippen LogP contribution in [-0.4, -0.2) is 28.9 Å². The lowest BCUT2D eigenvalue weighted by atomic mass is 10.2. The number of aromatic nitrogens is 6. The minimum atomic E-state index is 0.668. The van der Waals surface area contributed by atoms with Crippen LogP contribution in [0, 0.1) is 0 Å². The van der Waals surface area contributed by atoms with Crippen LogP contribution in [0.25, 0.3) is 16.6 Å². The van der Waals surface area contributed by atoms with Crippen molar-refractivity contribution in [2.75, 3.05) is 0 Å². The average molecular weight is 310 g/mol. The Hall–Kier alpha value is -2.54. The smallest absolute Gasteiger partial charge is 0.234 e. The van der Waals surface area contributed by atoms with E-state index in [0.717, 1.165) is 28.7 Å². The normalized spacial score (nSPS) is 11.3. The van der Waals surface area contributed by atoms with Crippen molar-refractivity contribution in [3.8, 4) is 10.8 Å². The number of imidazole rings is 2. The molecule has 4 heterocycles. The number of fused-ring (bicyclic) bond motifs is 1.